The molecule has 5 heteroatoms. The molecule has 1 fully saturated rings. The molecule has 0 bridgehead atoms. The molecule has 1 aliphatic rings. The van der Waals surface area contributed by atoms with E-state index in [1.165, 1.54) is 12.1 Å². The van der Waals surface area contributed by atoms with Gasteiger partial charge in [-0.25, -0.2) is 9.37 Å². The molecule has 2 aromatic rings. The van der Waals surface area contributed by atoms with Crippen molar-refractivity contribution in [1.29, 1.82) is 0 Å². The van der Waals surface area contributed by atoms with E-state index in [1.54, 1.807) is 23.5 Å². The zero-order valence-corrected chi connectivity index (χ0v) is 12.4. The largest absolute Gasteiger partial charge is 0.372 e. The quantitative estimate of drug-likeness (QED) is 0.846. The van der Waals surface area contributed by atoms with E-state index in [-0.39, 0.29) is 18.0 Å². The summed E-state index contributed by atoms with van der Waals surface area (Å²) in [6.45, 7) is 5.88. The summed E-state index contributed by atoms with van der Waals surface area (Å²) < 4.78 is 18.7. The first-order valence-electron chi connectivity index (χ1n) is 6.73. The van der Waals surface area contributed by atoms with E-state index in [0.717, 1.165) is 29.5 Å². The van der Waals surface area contributed by atoms with Gasteiger partial charge in [-0.15, -0.1) is 11.3 Å². The number of benzene rings is 1. The van der Waals surface area contributed by atoms with Crippen LogP contribution in [0.4, 0.5) is 9.52 Å². The van der Waals surface area contributed by atoms with Crippen LogP contribution in [0.5, 0.6) is 0 Å². The molecule has 106 valence electrons. The van der Waals surface area contributed by atoms with Gasteiger partial charge >= 0.3 is 0 Å². The van der Waals surface area contributed by atoms with Crippen molar-refractivity contribution in [2.45, 2.75) is 26.1 Å². The average Bonchev–Trinajstić information content (AvgIpc) is 2.88. The Morgan fingerprint density at radius 2 is 1.85 bits per heavy atom. The first kappa shape index (κ1) is 13.5. The van der Waals surface area contributed by atoms with E-state index in [0.29, 0.717) is 0 Å². The molecule has 0 spiro atoms. The molecule has 0 aliphatic carbocycles. The molecule has 1 aromatic heterocycles. The van der Waals surface area contributed by atoms with Crippen molar-refractivity contribution in [2.24, 2.45) is 0 Å². The Morgan fingerprint density at radius 1 is 1.20 bits per heavy atom. The lowest BCUT2D eigenvalue weighted by molar-refractivity contribution is -0.00522. The molecule has 1 aromatic carbocycles. The maximum absolute atomic E-state index is 12.9. The highest BCUT2D eigenvalue weighted by molar-refractivity contribution is 7.14. The molecule has 3 rings (SSSR count). The van der Waals surface area contributed by atoms with Crippen LogP contribution in [-0.4, -0.2) is 30.3 Å². The van der Waals surface area contributed by atoms with Crippen LogP contribution in [0.1, 0.15) is 13.8 Å². The molecular formula is C15H17FN2OS. The minimum absolute atomic E-state index is 0.219. The standard InChI is InChI=1S/C15H17FN2OS/c1-10-7-18(8-11(2)19-10)15-17-14(9-20-15)12-3-5-13(16)6-4-12/h3-6,9-11H,7-8H2,1-2H3/t10-,11-/m0/s1. The summed E-state index contributed by atoms with van der Waals surface area (Å²) in [6, 6.07) is 6.46. The van der Waals surface area contributed by atoms with Gasteiger partial charge in [0.05, 0.1) is 17.9 Å². The molecule has 3 nitrogen and oxygen atoms in total. The Morgan fingerprint density at radius 3 is 2.50 bits per heavy atom. The minimum atomic E-state index is -0.222. The van der Waals surface area contributed by atoms with Crippen molar-refractivity contribution in [1.82, 2.24) is 4.98 Å². The fourth-order valence-corrected chi connectivity index (χ4v) is 3.35. The van der Waals surface area contributed by atoms with Gasteiger partial charge in [0.25, 0.3) is 0 Å². The van der Waals surface area contributed by atoms with Gasteiger partial charge in [-0.2, -0.15) is 0 Å². The van der Waals surface area contributed by atoms with E-state index < -0.39 is 0 Å². The smallest absolute Gasteiger partial charge is 0.186 e. The number of rotatable bonds is 2. The number of ether oxygens (including phenoxy) is 1. The number of halogens is 1. The summed E-state index contributed by atoms with van der Waals surface area (Å²) >= 11 is 1.62. The molecule has 0 N–H and O–H groups in total. The number of aromatic nitrogens is 1. The van der Waals surface area contributed by atoms with Crippen LogP contribution in [0.2, 0.25) is 0 Å². The zero-order valence-electron chi connectivity index (χ0n) is 11.5. The summed E-state index contributed by atoms with van der Waals surface area (Å²) in [6.07, 6.45) is 0.439. The minimum Gasteiger partial charge on any atom is -0.372 e. The summed E-state index contributed by atoms with van der Waals surface area (Å²) in [7, 11) is 0. The Balaban J connectivity index is 1.81. The predicted octanol–water partition coefficient (Wildman–Crippen LogP) is 3.56. The Labute approximate surface area is 122 Å². The number of morpholine rings is 1. The first-order chi connectivity index (χ1) is 9.61. The van der Waals surface area contributed by atoms with Gasteiger partial charge in [0, 0.05) is 24.0 Å². The maximum atomic E-state index is 12.9. The molecule has 2 heterocycles. The van der Waals surface area contributed by atoms with Gasteiger partial charge in [-0.3, -0.25) is 0 Å². The second-order valence-electron chi connectivity index (χ2n) is 5.18. The monoisotopic (exact) mass is 292 g/mol. The third kappa shape index (κ3) is 2.83. The van der Waals surface area contributed by atoms with E-state index in [2.05, 4.69) is 23.7 Å². The lowest BCUT2D eigenvalue weighted by atomic mass is 10.2. The lowest BCUT2D eigenvalue weighted by Gasteiger charge is -2.35. The molecule has 20 heavy (non-hydrogen) atoms. The van der Waals surface area contributed by atoms with Crippen LogP contribution in [0, 0.1) is 5.82 Å². The Bertz CT molecular complexity index is 574. The van der Waals surface area contributed by atoms with E-state index >= 15 is 0 Å². The van der Waals surface area contributed by atoms with Gasteiger partial charge in [0.2, 0.25) is 0 Å². The van der Waals surface area contributed by atoms with E-state index in [1.807, 2.05) is 5.38 Å². The van der Waals surface area contributed by atoms with E-state index in [4.69, 9.17) is 4.74 Å². The second kappa shape index (κ2) is 5.50. The van der Waals surface area contributed by atoms with Crippen LogP contribution < -0.4 is 4.90 Å². The topological polar surface area (TPSA) is 25.4 Å². The zero-order chi connectivity index (χ0) is 14.1. The van der Waals surface area contributed by atoms with Crippen LogP contribution in [0.25, 0.3) is 11.3 Å². The van der Waals surface area contributed by atoms with Gasteiger partial charge in [0.15, 0.2) is 5.13 Å². The van der Waals surface area contributed by atoms with Crippen molar-refractivity contribution in [2.75, 3.05) is 18.0 Å². The predicted molar refractivity (Wildman–Crippen MR) is 79.7 cm³/mol. The van der Waals surface area contributed by atoms with Gasteiger partial charge in [-0.05, 0) is 38.1 Å². The molecule has 0 radical (unpaired) electrons. The number of nitrogens with zero attached hydrogens (tertiary/aromatic N) is 2. The summed E-state index contributed by atoms with van der Waals surface area (Å²) in [5.41, 5.74) is 1.85. The summed E-state index contributed by atoms with van der Waals surface area (Å²) in [5, 5.41) is 3.03. The van der Waals surface area contributed by atoms with Crippen LogP contribution >= 0.6 is 11.3 Å². The first-order valence-corrected chi connectivity index (χ1v) is 7.61. The van der Waals surface area contributed by atoms with Gasteiger partial charge in [0.1, 0.15) is 5.82 Å². The number of hydrogen-bond donors (Lipinski definition) is 0. The van der Waals surface area contributed by atoms with Gasteiger partial charge < -0.3 is 9.64 Å². The van der Waals surface area contributed by atoms with E-state index in [9.17, 15) is 4.39 Å². The molecule has 2 atom stereocenters. The van der Waals surface area contributed by atoms with Gasteiger partial charge in [-0.1, -0.05) is 0 Å². The lowest BCUT2D eigenvalue weighted by Crippen LogP contribution is -2.45. The Hall–Kier alpha value is -1.46. The third-order valence-corrected chi connectivity index (χ3v) is 4.22. The highest BCUT2D eigenvalue weighted by Gasteiger charge is 2.24. The number of thiazole rings is 1. The van der Waals surface area contributed by atoms with Crippen molar-refractivity contribution >= 4 is 16.5 Å². The summed E-state index contributed by atoms with van der Waals surface area (Å²) in [5.74, 6) is -0.222. The fourth-order valence-electron chi connectivity index (χ4n) is 2.50. The van der Waals surface area contributed by atoms with Crippen LogP contribution in [0.3, 0.4) is 0 Å². The number of anilines is 1. The summed E-state index contributed by atoms with van der Waals surface area (Å²) in [4.78, 5) is 6.93. The van der Waals surface area contributed by atoms with Crippen LogP contribution in [0.15, 0.2) is 29.6 Å². The average molecular weight is 292 g/mol. The second-order valence-corrected chi connectivity index (χ2v) is 6.02. The SMILES string of the molecule is C[C@H]1CN(c2nc(-c3ccc(F)cc3)cs2)C[C@H](C)O1. The van der Waals surface area contributed by atoms with Crippen molar-refractivity contribution in [3.63, 3.8) is 0 Å². The normalized spacial score (nSPS) is 23.1. The Kier molecular flexibility index (Phi) is 3.72. The molecule has 0 amide bonds. The highest BCUT2D eigenvalue weighted by atomic mass is 32.1. The molecular weight excluding hydrogens is 275 g/mol. The molecule has 0 saturated carbocycles. The van der Waals surface area contributed by atoms with Crippen molar-refractivity contribution in [3.05, 3.63) is 35.5 Å². The number of hydrogen-bond acceptors (Lipinski definition) is 4. The maximum Gasteiger partial charge on any atom is 0.186 e. The van der Waals surface area contributed by atoms with Crippen LogP contribution in [-0.2, 0) is 4.74 Å². The highest BCUT2D eigenvalue weighted by Crippen LogP contribution is 2.29. The molecule has 1 aliphatic heterocycles. The van der Waals surface area contributed by atoms with Crippen molar-refractivity contribution in [3.8, 4) is 11.3 Å². The van der Waals surface area contributed by atoms with Crippen molar-refractivity contribution < 1.29 is 9.13 Å². The third-order valence-electron chi connectivity index (χ3n) is 3.32. The molecule has 1 saturated heterocycles. The fraction of sp³-hybridized carbons (Fsp3) is 0.400. The molecule has 0 unspecified atom stereocenters.